The molecule has 5 aromatic heterocycles. The monoisotopic (exact) mass is 1270 g/mol. The second-order valence-electron chi connectivity index (χ2n) is 30.1. The second-order valence-corrected chi connectivity index (χ2v) is 30.1. The van der Waals surface area contributed by atoms with Gasteiger partial charge in [-0.3, -0.25) is 19.5 Å². The van der Waals surface area contributed by atoms with Gasteiger partial charge in [-0.15, -0.1) is 0 Å². The minimum Gasteiger partial charge on any atom is -0.294 e. The number of para-hydroxylation sites is 2. The zero-order chi connectivity index (χ0) is 76.2. The summed E-state index contributed by atoms with van der Waals surface area (Å²) in [5, 5.41) is 2.54. The van der Waals surface area contributed by atoms with Gasteiger partial charge in [0.05, 0.1) is 22.4 Å². The van der Waals surface area contributed by atoms with Crippen molar-refractivity contribution in [3.63, 3.8) is 0 Å². The number of pyridine rings is 4. The molecule has 0 amide bonds. The fraction of sp³-hybridized carbons (Fsp3) is 0.311. The van der Waals surface area contributed by atoms with Crippen LogP contribution in [0.15, 0.2) is 255 Å². The zero-order valence-corrected chi connectivity index (χ0v) is 60.0. The van der Waals surface area contributed by atoms with E-state index in [0.717, 1.165) is 39.5 Å². The Balaban J connectivity index is 0.000000176. The molecule has 0 fully saturated rings. The van der Waals surface area contributed by atoms with Gasteiger partial charge in [-0.05, 0) is 134 Å². The van der Waals surface area contributed by atoms with Crippen LogP contribution in [-0.4, -0.2) is 24.5 Å². The number of hydrogen-bond donors (Lipinski definition) is 0. The highest BCUT2D eigenvalue weighted by molar-refractivity contribution is 6.09. The molecule has 0 saturated carbocycles. The summed E-state index contributed by atoms with van der Waals surface area (Å²) < 4.78 is 63.2. The van der Waals surface area contributed by atoms with Crippen LogP contribution in [0.2, 0.25) is 0 Å². The normalized spacial score (nSPS) is 13.3. The van der Waals surface area contributed by atoms with Crippen LogP contribution in [0.25, 0.3) is 61.1 Å². The van der Waals surface area contributed by atoms with Gasteiger partial charge in [0.2, 0.25) is 0 Å². The van der Waals surface area contributed by atoms with Crippen LogP contribution < -0.4 is 0 Å². The van der Waals surface area contributed by atoms with Crippen LogP contribution in [0.4, 0.5) is 0 Å². The highest BCUT2D eigenvalue weighted by atomic mass is 15.1. The molecule has 0 aliphatic heterocycles. The Hall–Kier alpha value is -9.06. The Bertz CT molecular complexity index is 4560. The lowest BCUT2D eigenvalue weighted by Gasteiger charge is -2.23. The summed E-state index contributed by atoms with van der Waals surface area (Å²) in [7, 11) is 0. The van der Waals surface area contributed by atoms with Gasteiger partial charge >= 0.3 is 0 Å². The summed E-state index contributed by atoms with van der Waals surface area (Å²) in [4.78, 5) is 17.9. The molecule has 0 unspecified atom stereocenters. The van der Waals surface area contributed by atoms with Crippen molar-refractivity contribution in [1.29, 1.82) is 0 Å². The van der Waals surface area contributed by atoms with E-state index >= 15 is 0 Å². The summed E-state index contributed by atoms with van der Waals surface area (Å²) in [6.45, 7) is 35.8. The van der Waals surface area contributed by atoms with E-state index in [-0.39, 0.29) is 32.5 Å². The van der Waals surface area contributed by atoms with Gasteiger partial charge in [0.1, 0.15) is 5.82 Å². The SMILES string of the molecule is CC(C)(C)c1ccc(-n2c3ccccc3c3ccccc32)nc1.CC(C)(C)c1ccccc1-c1ccccc1.CC(C)(C)c1ccncc1.[2H]C([2H])(C)c1ccc(-c2ccccc2)c(C(C)(C)C)n1.[2H]C([2H])([2H])c1ccc(-c2ccccc2)nc1C(C)(C)C.[2H]C([2H])([2H])c1ccccc1C(C)(C)C. The first-order valence-electron chi connectivity index (χ1n) is 37.1. The van der Waals surface area contributed by atoms with E-state index in [1.807, 2.05) is 127 Å². The Morgan fingerprint density at radius 3 is 1.27 bits per heavy atom. The third-order valence-corrected chi connectivity index (χ3v) is 16.1. The minimum atomic E-state index is -2.13. The van der Waals surface area contributed by atoms with Crippen LogP contribution >= 0.6 is 0 Å². The Morgan fingerprint density at radius 2 is 0.821 bits per heavy atom. The Labute approximate surface area is 583 Å². The average molecular weight is 1270 g/mol. The molecule has 0 saturated heterocycles. The first-order valence-corrected chi connectivity index (χ1v) is 33.1. The van der Waals surface area contributed by atoms with E-state index in [2.05, 4.69) is 242 Å². The summed E-state index contributed by atoms with van der Waals surface area (Å²) >= 11 is 0. The van der Waals surface area contributed by atoms with Crippen molar-refractivity contribution in [2.45, 2.75) is 184 Å². The number of rotatable bonds is 5. The lowest BCUT2D eigenvalue weighted by Crippen LogP contribution is -2.16. The molecule has 0 N–H and O–H groups in total. The van der Waals surface area contributed by atoms with Crippen molar-refractivity contribution >= 4 is 21.8 Å². The maximum absolute atomic E-state index is 7.85. The van der Waals surface area contributed by atoms with E-state index in [1.165, 1.54) is 49.6 Å². The van der Waals surface area contributed by atoms with Crippen LogP contribution in [-0.2, 0) is 38.9 Å². The average Bonchev–Trinajstić information content (AvgIpc) is 1.64. The summed E-state index contributed by atoms with van der Waals surface area (Å²) in [6.07, 6.45) is 4.25. The first-order chi connectivity index (χ1) is 47.9. The second kappa shape index (κ2) is 31.9. The van der Waals surface area contributed by atoms with E-state index < -0.39 is 20.1 Å². The summed E-state index contributed by atoms with van der Waals surface area (Å²) in [5.41, 5.74) is 16.8. The van der Waals surface area contributed by atoms with E-state index in [0.29, 0.717) is 22.5 Å². The third-order valence-electron chi connectivity index (χ3n) is 16.1. The molecule has 0 aliphatic rings. The highest BCUT2D eigenvalue weighted by Gasteiger charge is 2.23. The molecule has 492 valence electrons. The molecule has 12 aromatic rings. The van der Waals surface area contributed by atoms with Crippen molar-refractivity contribution in [2.24, 2.45) is 0 Å². The van der Waals surface area contributed by atoms with Crippen LogP contribution in [0, 0.1) is 13.7 Å². The molecule has 12 rings (SSSR count). The number of fused-ring (bicyclic) bond motifs is 3. The first kappa shape index (κ1) is 62.1. The van der Waals surface area contributed by atoms with Crippen LogP contribution in [0.3, 0.4) is 0 Å². The quantitative estimate of drug-likeness (QED) is 0.172. The number of aryl methyl sites for hydroxylation is 3. The fourth-order valence-corrected chi connectivity index (χ4v) is 10.9. The third kappa shape index (κ3) is 20.5. The van der Waals surface area contributed by atoms with Crippen LogP contribution in [0.5, 0.6) is 0 Å². The van der Waals surface area contributed by atoms with Crippen molar-refractivity contribution < 1.29 is 11.0 Å². The molecule has 0 spiro atoms. The molecule has 0 bridgehead atoms. The topological polar surface area (TPSA) is 56.5 Å². The van der Waals surface area contributed by atoms with Gasteiger partial charge in [0.15, 0.2) is 0 Å². The largest absolute Gasteiger partial charge is 0.294 e. The van der Waals surface area contributed by atoms with E-state index in [1.54, 1.807) is 37.3 Å². The number of benzene rings is 7. The molecular weight excluding hydrogens is 1150 g/mol. The van der Waals surface area contributed by atoms with Crippen molar-refractivity contribution in [3.8, 4) is 39.3 Å². The number of aromatic nitrogens is 5. The summed E-state index contributed by atoms with van der Waals surface area (Å²) in [5.74, 6) is 0.968. The number of nitrogens with zero attached hydrogens (tertiary/aromatic N) is 5. The lowest BCUT2D eigenvalue weighted by atomic mass is 9.82. The van der Waals surface area contributed by atoms with Crippen molar-refractivity contribution in [3.05, 3.63) is 306 Å². The lowest BCUT2D eigenvalue weighted by molar-refractivity contribution is 0.565. The number of hydrogen-bond acceptors (Lipinski definition) is 4. The maximum atomic E-state index is 7.85. The molecule has 5 heterocycles. The predicted octanol–water partition coefficient (Wildman–Crippen LogP) is 24.8. The van der Waals surface area contributed by atoms with Gasteiger partial charge < -0.3 is 0 Å². The van der Waals surface area contributed by atoms with Crippen LogP contribution in [0.1, 0.15) is 193 Å². The molecule has 0 radical (unpaired) electrons. The Morgan fingerprint density at radius 1 is 0.358 bits per heavy atom. The van der Waals surface area contributed by atoms with Gasteiger partial charge in [0.25, 0.3) is 0 Å². The maximum Gasteiger partial charge on any atom is 0.137 e. The standard InChI is InChI=1S/C21H20N2.C17H21N.C16H19N.C16H18.C11H16.C9H13N/c1-21(2,3)15-12-13-20(22-14-15)23-18-10-6-4-8-16(18)17-9-5-7-11-19(17)23;1-5-14-11-12-15(13-9-7-6-8-10-13)16(18-14)17(2,3)4;1-12-10-11-14(13-8-6-5-7-9-13)17-15(12)16(2,3)4;1-16(2,3)15-12-8-7-11-14(15)13-9-5-4-6-10-13;1-9-7-5-6-8-10(9)11(2,3)4;1-9(2,3)8-4-6-10-7-5-8/h4-14H,1-3H3;6-12H,5H2,1-4H3;5-11H,1-4H3;4-12H,1-3H3;5-8H,1-4H3;4-7H,1-3H3/i;5D2;1D3;;1D3;. The van der Waals surface area contributed by atoms with Crippen molar-refractivity contribution in [2.75, 3.05) is 0 Å². The van der Waals surface area contributed by atoms with E-state index in [4.69, 9.17) is 16.0 Å². The van der Waals surface area contributed by atoms with Gasteiger partial charge in [-0.2, -0.15) is 0 Å². The van der Waals surface area contributed by atoms with Gasteiger partial charge in [-0.25, -0.2) is 4.98 Å². The summed E-state index contributed by atoms with van der Waals surface area (Å²) in [6, 6.07) is 79.1. The zero-order valence-electron chi connectivity index (χ0n) is 68.0. The fourth-order valence-electron chi connectivity index (χ4n) is 10.9. The highest BCUT2D eigenvalue weighted by Crippen LogP contribution is 2.36. The molecule has 95 heavy (non-hydrogen) atoms. The molecule has 0 aliphatic carbocycles. The Kier molecular flexibility index (Phi) is 20.9. The molecule has 7 aromatic carbocycles. The molecule has 5 heteroatoms. The smallest absolute Gasteiger partial charge is 0.137 e. The molecule has 5 nitrogen and oxygen atoms in total. The predicted molar refractivity (Wildman–Crippen MR) is 412 cm³/mol. The van der Waals surface area contributed by atoms with E-state index in [9.17, 15) is 0 Å². The molecular formula is C90H107N5. The molecule has 0 atom stereocenters. The van der Waals surface area contributed by atoms with Gasteiger partial charge in [0, 0.05) is 73.7 Å². The van der Waals surface area contributed by atoms with Gasteiger partial charge in [-0.1, -0.05) is 326 Å². The minimum absolute atomic E-state index is 0.117. The van der Waals surface area contributed by atoms with Crippen molar-refractivity contribution in [1.82, 2.24) is 24.5 Å².